The van der Waals surface area contributed by atoms with Crippen LogP contribution in [0.5, 0.6) is 0 Å². The minimum absolute atomic E-state index is 0. The van der Waals surface area contributed by atoms with Crippen molar-refractivity contribution < 1.29 is 41.0 Å². The fourth-order valence-electron chi connectivity index (χ4n) is 8.32. The maximum absolute atomic E-state index is 9.88. The summed E-state index contributed by atoms with van der Waals surface area (Å²) in [6.45, 7) is 3.22. The van der Waals surface area contributed by atoms with Crippen molar-refractivity contribution in [3.05, 3.63) is 208 Å². The molecule has 0 N–H and O–H groups in total. The van der Waals surface area contributed by atoms with E-state index in [9.17, 15) is 21.7 Å². The molecule has 9 aromatic rings. The molecule has 10 rings (SSSR count). The molecule has 0 unspecified atom stereocenters. The van der Waals surface area contributed by atoms with E-state index in [1.54, 1.807) is 105 Å². The van der Waals surface area contributed by atoms with Crippen LogP contribution in [0.3, 0.4) is 0 Å². The van der Waals surface area contributed by atoms with Crippen LogP contribution in [0.4, 0.5) is 0 Å². The van der Waals surface area contributed by atoms with E-state index in [0.717, 1.165) is 41.8 Å². The molecule has 5 nitrogen and oxygen atoms in total. The largest absolute Gasteiger partial charge is 3.00 e. The van der Waals surface area contributed by atoms with Crippen molar-refractivity contribution in [3.63, 3.8) is 0 Å². The van der Waals surface area contributed by atoms with Gasteiger partial charge in [-0.05, 0) is 139 Å². The molecule has 0 bridgehead atoms. The fraction of sp³-hybridized carbons (Fsp3) is 0.220. The molecule has 0 spiro atoms. The zero-order valence-electron chi connectivity index (χ0n) is 47.6. The van der Waals surface area contributed by atoms with Crippen LogP contribution in [0.25, 0.3) is 55.7 Å². The second-order valence-electron chi connectivity index (χ2n) is 16.0. The molecule has 0 radical (unpaired) electrons. The van der Waals surface area contributed by atoms with E-state index in [1.807, 2.05) is 6.07 Å². The first-order chi connectivity index (χ1) is 36.0. The van der Waals surface area contributed by atoms with Crippen LogP contribution in [0, 0.1) is 43.4 Å². The van der Waals surface area contributed by atoms with E-state index in [4.69, 9.17) is 9.40 Å². The molecule has 0 amide bonds. The normalized spacial score (nSPS) is 16.8. The zero-order chi connectivity index (χ0) is 54.2. The summed E-state index contributed by atoms with van der Waals surface area (Å²) in [7, 11) is 0. The predicted molar refractivity (Wildman–Crippen MR) is 257 cm³/mol. The molecule has 6 heteroatoms. The van der Waals surface area contributed by atoms with Gasteiger partial charge in [-0.3, -0.25) is 0 Å². The van der Waals surface area contributed by atoms with Crippen LogP contribution >= 0.6 is 0 Å². The number of hydrogen-bond acceptors (Lipinski definition) is 5. The summed E-state index contributed by atoms with van der Waals surface area (Å²) in [5.41, 5.74) is 3.50. The summed E-state index contributed by atoms with van der Waals surface area (Å²) < 4.78 is 122. The minimum Gasteiger partial charge on any atom is -0.501 e. The predicted octanol–water partition coefficient (Wildman–Crippen LogP) is 13.7. The van der Waals surface area contributed by atoms with Gasteiger partial charge in [0.2, 0.25) is 0 Å². The molecule has 1 fully saturated rings. The zero-order valence-corrected chi connectivity index (χ0v) is 38.0. The van der Waals surface area contributed by atoms with Gasteiger partial charge in [-0.25, -0.2) is 0 Å². The first kappa shape index (κ1) is 31.4. The van der Waals surface area contributed by atoms with Crippen molar-refractivity contribution in [1.29, 1.82) is 5.26 Å². The van der Waals surface area contributed by atoms with Gasteiger partial charge in [-0.1, -0.05) is 77.4 Å². The van der Waals surface area contributed by atoms with Gasteiger partial charge in [-0.2, -0.15) is 5.26 Å². The van der Waals surface area contributed by atoms with Crippen molar-refractivity contribution in [2.75, 3.05) is 0 Å². The average molecular weight is 1030 g/mol. The molecule has 1 aliphatic carbocycles. The standard InChI is InChI=1S/C59H49N4O.Ir/c1-39-28-55(46-14-5-3-6-15-46)61-36-48(39)24-20-41-30-42(21-25-49-37-62-56(29-40(49)2)47-16-7-4-8-17-47)32-43(31-41)22-26-50-38-63-57(34-54(50)45-12-9-10-13-45)53-19-11-18-52-51-27-23-44(35-60)33-58(51)64-59(52)53;/h3-8,11,14,16,18,23,27-34,36-38,45H,9-10,12-13,20-22,24-26H2,1-2H3;/q-3;+3/i20D2,21D2,22D2,24D2,25D2,26D2;. The number of rotatable bonds is 13. The molecule has 4 heterocycles. The van der Waals surface area contributed by atoms with Gasteiger partial charge in [0.05, 0.1) is 17.2 Å². The Morgan fingerprint density at radius 1 is 0.615 bits per heavy atom. The van der Waals surface area contributed by atoms with E-state index >= 15 is 0 Å². The molecule has 5 aromatic carbocycles. The topological polar surface area (TPSA) is 75.6 Å². The summed E-state index contributed by atoms with van der Waals surface area (Å²) in [6.07, 6.45) is -11.4. The third-order valence-corrected chi connectivity index (χ3v) is 11.7. The van der Waals surface area contributed by atoms with Crippen LogP contribution in [0.1, 0.15) is 104 Å². The Morgan fingerprint density at radius 2 is 1.18 bits per heavy atom. The van der Waals surface area contributed by atoms with Crippen LogP contribution in [0.15, 0.2) is 138 Å². The van der Waals surface area contributed by atoms with Crippen molar-refractivity contribution in [3.8, 4) is 39.8 Å². The molecule has 4 aromatic heterocycles. The number of pyridine rings is 3. The molecule has 1 aliphatic rings. The fourth-order valence-corrected chi connectivity index (χ4v) is 8.32. The van der Waals surface area contributed by atoms with E-state index in [-0.39, 0.29) is 42.7 Å². The van der Waals surface area contributed by atoms with Crippen LogP contribution in [-0.4, -0.2) is 15.0 Å². The van der Waals surface area contributed by atoms with E-state index in [0.29, 0.717) is 80.0 Å². The van der Waals surface area contributed by atoms with E-state index < -0.39 is 54.9 Å². The second-order valence-corrected chi connectivity index (χ2v) is 16.0. The molecule has 0 atom stereocenters. The Bertz CT molecular complexity index is 3610. The van der Waals surface area contributed by atoms with Gasteiger partial charge in [-0.15, -0.1) is 90.0 Å². The number of furan rings is 1. The smallest absolute Gasteiger partial charge is 0.501 e. The Hall–Kier alpha value is -6.51. The van der Waals surface area contributed by atoms with Crippen LogP contribution in [-0.2, 0) is 58.3 Å². The van der Waals surface area contributed by atoms with Gasteiger partial charge in [0.25, 0.3) is 0 Å². The Labute approximate surface area is 412 Å². The number of nitriles is 1. The minimum atomic E-state index is -3.14. The maximum Gasteiger partial charge on any atom is 3.00 e. The molecule has 320 valence electrons. The molecular weight excluding hydrogens is 973 g/mol. The van der Waals surface area contributed by atoms with Gasteiger partial charge in [0.15, 0.2) is 0 Å². The first-order valence-electron chi connectivity index (χ1n) is 27.3. The second kappa shape index (κ2) is 19.7. The summed E-state index contributed by atoms with van der Waals surface area (Å²) in [6, 6.07) is 42.4. The summed E-state index contributed by atoms with van der Waals surface area (Å²) in [5, 5.41) is 11.1. The summed E-state index contributed by atoms with van der Waals surface area (Å²) in [5.74, 6) is -0.216. The number of hydrogen-bond donors (Lipinski definition) is 0. The van der Waals surface area contributed by atoms with E-state index in [2.05, 4.69) is 34.2 Å². The molecular formula is C59H49IrN4O. The van der Waals surface area contributed by atoms with Crippen molar-refractivity contribution in [1.82, 2.24) is 15.0 Å². The Balaban J connectivity index is 0.00000722. The number of nitrogens with zero attached hydrogens (tertiary/aromatic N) is 4. The monoisotopic (exact) mass is 1030 g/mol. The van der Waals surface area contributed by atoms with Gasteiger partial charge in [0.1, 0.15) is 5.58 Å². The first-order valence-corrected chi connectivity index (χ1v) is 21.3. The number of aromatic nitrogens is 3. The van der Waals surface area contributed by atoms with Gasteiger partial charge in [0, 0.05) is 40.4 Å². The molecule has 0 saturated heterocycles. The summed E-state index contributed by atoms with van der Waals surface area (Å²) in [4.78, 5) is 13.7. The van der Waals surface area contributed by atoms with E-state index in [1.165, 1.54) is 18.6 Å². The van der Waals surface area contributed by atoms with Crippen LogP contribution in [0.2, 0.25) is 0 Å². The molecule has 65 heavy (non-hydrogen) atoms. The molecule has 1 saturated carbocycles. The maximum atomic E-state index is 9.88. The average Bonchev–Trinajstić information content (AvgIpc) is 4.12. The van der Waals surface area contributed by atoms with Crippen molar-refractivity contribution >= 4 is 21.9 Å². The van der Waals surface area contributed by atoms with Crippen molar-refractivity contribution in [2.24, 2.45) is 0 Å². The van der Waals surface area contributed by atoms with Gasteiger partial charge < -0.3 is 19.4 Å². The number of benzene rings is 5. The third kappa shape index (κ3) is 9.64. The Kier molecular flexibility index (Phi) is 9.51. The van der Waals surface area contributed by atoms with Gasteiger partial charge >= 0.3 is 20.1 Å². The third-order valence-electron chi connectivity index (χ3n) is 11.7. The molecule has 0 aliphatic heterocycles. The summed E-state index contributed by atoms with van der Waals surface area (Å²) >= 11 is 0. The number of aryl methyl sites for hydroxylation is 8. The number of fused-ring (bicyclic) bond motifs is 3. The van der Waals surface area contributed by atoms with Crippen molar-refractivity contribution in [2.45, 2.75) is 83.7 Å². The SMILES string of the molecule is [2H]C([2H])(c1cc(C([2H])([2H])C([2H])([2H])c2cnc(-c3[c-]cccc3)cc2C)cc(C([2H])([2H])C([2H])([2H])c2cnc(-c3[c-]ccc4c3oc3cc(C#N)ccc34)cc2C2CCCC2)c1)C([2H])([2H])c1cnc(-c2[c-]cccc2)cc1C.[Ir+3]. The Morgan fingerprint density at radius 3 is 1.74 bits per heavy atom. The van der Waals surface area contributed by atoms with Crippen LogP contribution < -0.4 is 0 Å². The quantitative estimate of drug-likeness (QED) is 0.108.